The van der Waals surface area contributed by atoms with Gasteiger partial charge in [0.2, 0.25) is 11.8 Å². The molecular weight excluding hydrogens is 276 g/mol. The van der Waals surface area contributed by atoms with Crippen LogP contribution < -0.4 is 15.0 Å². The molecule has 0 atom stereocenters. The molecule has 2 aliphatic rings. The number of rotatable bonds is 2. The molecule has 0 saturated carbocycles. The molecule has 114 valence electrons. The second-order valence-electron chi connectivity index (χ2n) is 5.83. The first-order valence-corrected chi connectivity index (χ1v) is 7.81. The minimum atomic E-state index is 0.736. The third-order valence-electron chi connectivity index (χ3n) is 4.45. The van der Waals surface area contributed by atoms with Gasteiger partial charge in [-0.25, -0.2) is 4.98 Å². The molecule has 0 bridgehead atoms. The lowest BCUT2D eigenvalue weighted by Crippen LogP contribution is -2.19. The van der Waals surface area contributed by atoms with Gasteiger partial charge < -0.3 is 15.0 Å². The summed E-state index contributed by atoms with van der Waals surface area (Å²) in [6, 6.07) is 8.54. The van der Waals surface area contributed by atoms with Gasteiger partial charge in [0.1, 0.15) is 0 Å². The Labute approximate surface area is 130 Å². The number of benzene rings is 1. The van der Waals surface area contributed by atoms with Crippen LogP contribution in [0.2, 0.25) is 0 Å². The highest BCUT2D eigenvalue weighted by Gasteiger charge is 2.24. The van der Waals surface area contributed by atoms with Crippen LogP contribution in [0, 0.1) is 0 Å². The van der Waals surface area contributed by atoms with Crippen molar-refractivity contribution in [2.75, 3.05) is 25.1 Å². The first kappa shape index (κ1) is 13.5. The molecule has 5 nitrogen and oxygen atoms in total. The van der Waals surface area contributed by atoms with E-state index in [-0.39, 0.29) is 0 Å². The summed E-state index contributed by atoms with van der Waals surface area (Å²) >= 11 is 0. The summed E-state index contributed by atoms with van der Waals surface area (Å²) in [7, 11) is 1.70. The maximum Gasteiger partial charge on any atom is 0.229 e. The minimum Gasteiger partial charge on any atom is -0.481 e. The highest BCUT2D eigenvalue weighted by molar-refractivity contribution is 5.47. The topological polar surface area (TPSA) is 50.3 Å². The molecule has 2 aromatic rings. The van der Waals surface area contributed by atoms with Crippen LogP contribution in [0.3, 0.4) is 0 Å². The largest absolute Gasteiger partial charge is 0.481 e. The Morgan fingerprint density at radius 3 is 2.50 bits per heavy atom. The molecule has 4 rings (SSSR count). The second kappa shape index (κ2) is 5.57. The monoisotopic (exact) mass is 296 g/mol. The lowest BCUT2D eigenvalue weighted by molar-refractivity contribution is 0.390. The minimum absolute atomic E-state index is 0.736. The van der Waals surface area contributed by atoms with Gasteiger partial charge in [-0.3, -0.25) is 0 Å². The van der Waals surface area contributed by atoms with E-state index < -0.39 is 0 Å². The molecule has 0 unspecified atom stereocenters. The van der Waals surface area contributed by atoms with E-state index in [4.69, 9.17) is 9.72 Å². The van der Waals surface area contributed by atoms with Crippen LogP contribution in [0.4, 0.5) is 5.95 Å². The first-order valence-electron chi connectivity index (χ1n) is 7.81. The van der Waals surface area contributed by atoms with E-state index in [2.05, 4.69) is 39.5 Å². The Bertz CT molecular complexity index is 676. The average Bonchev–Trinajstić information content (AvgIpc) is 2.84. The van der Waals surface area contributed by atoms with Crippen LogP contribution in [-0.2, 0) is 25.9 Å². The maximum absolute atomic E-state index is 5.54. The fourth-order valence-electron chi connectivity index (χ4n) is 3.28. The van der Waals surface area contributed by atoms with Crippen molar-refractivity contribution >= 4 is 5.95 Å². The van der Waals surface area contributed by atoms with Gasteiger partial charge in [-0.1, -0.05) is 24.3 Å². The van der Waals surface area contributed by atoms with Crippen molar-refractivity contribution in [3.05, 3.63) is 46.6 Å². The molecule has 0 fully saturated rings. The predicted octanol–water partition coefficient (Wildman–Crippen LogP) is 1.69. The van der Waals surface area contributed by atoms with Gasteiger partial charge in [-0.15, -0.1) is 0 Å². The van der Waals surface area contributed by atoms with E-state index in [0.29, 0.717) is 0 Å². The van der Waals surface area contributed by atoms with Gasteiger partial charge in [0.25, 0.3) is 0 Å². The molecule has 0 radical (unpaired) electrons. The maximum atomic E-state index is 5.54. The highest BCUT2D eigenvalue weighted by Crippen LogP contribution is 2.29. The summed E-state index contributed by atoms with van der Waals surface area (Å²) in [6.45, 7) is 3.67. The third kappa shape index (κ3) is 2.31. The molecule has 1 N–H and O–H groups in total. The zero-order chi connectivity index (χ0) is 14.9. The van der Waals surface area contributed by atoms with Crippen LogP contribution in [0.5, 0.6) is 5.88 Å². The van der Waals surface area contributed by atoms with Gasteiger partial charge >= 0.3 is 0 Å². The molecule has 2 aliphatic heterocycles. The summed E-state index contributed by atoms with van der Waals surface area (Å²) in [5.74, 6) is 1.52. The smallest absolute Gasteiger partial charge is 0.229 e. The lowest BCUT2D eigenvalue weighted by Gasteiger charge is -2.19. The zero-order valence-electron chi connectivity index (χ0n) is 12.8. The van der Waals surface area contributed by atoms with Crippen molar-refractivity contribution in [3.63, 3.8) is 0 Å². The molecule has 22 heavy (non-hydrogen) atoms. The van der Waals surface area contributed by atoms with Crippen molar-refractivity contribution in [3.8, 4) is 5.88 Å². The average molecular weight is 296 g/mol. The normalized spacial score (nSPS) is 16.9. The van der Waals surface area contributed by atoms with Gasteiger partial charge in [0, 0.05) is 31.6 Å². The van der Waals surface area contributed by atoms with Crippen molar-refractivity contribution in [2.24, 2.45) is 0 Å². The van der Waals surface area contributed by atoms with E-state index in [1.165, 1.54) is 11.1 Å². The molecule has 0 saturated heterocycles. The van der Waals surface area contributed by atoms with Gasteiger partial charge in [0.15, 0.2) is 0 Å². The third-order valence-corrected chi connectivity index (χ3v) is 4.45. The number of nitrogens with one attached hydrogen (secondary N) is 1. The molecule has 0 spiro atoms. The summed E-state index contributed by atoms with van der Waals surface area (Å²) < 4.78 is 5.54. The van der Waals surface area contributed by atoms with Crippen molar-refractivity contribution < 1.29 is 4.74 Å². The quantitative estimate of drug-likeness (QED) is 0.914. The SMILES string of the molecule is COc1nc(N2Cc3ccccc3C2)nc2c1CCNCC2. The number of anilines is 1. The summed E-state index contributed by atoms with van der Waals surface area (Å²) in [4.78, 5) is 11.7. The number of ether oxygens (including phenoxy) is 1. The van der Waals surface area contributed by atoms with E-state index in [1.807, 2.05) is 0 Å². The van der Waals surface area contributed by atoms with E-state index in [9.17, 15) is 0 Å². The lowest BCUT2D eigenvalue weighted by atomic mass is 10.1. The van der Waals surface area contributed by atoms with Gasteiger partial charge in [-0.05, 0) is 24.1 Å². The van der Waals surface area contributed by atoms with Crippen molar-refractivity contribution in [1.29, 1.82) is 0 Å². The number of nitrogens with zero attached hydrogens (tertiary/aromatic N) is 3. The Morgan fingerprint density at radius 2 is 1.77 bits per heavy atom. The molecular formula is C17H20N4O. The number of methoxy groups -OCH3 is 1. The number of aromatic nitrogens is 2. The number of fused-ring (bicyclic) bond motifs is 2. The number of hydrogen-bond donors (Lipinski definition) is 1. The van der Waals surface area contributed by atoms with Crippen molar-refractivity contribution in [1.82, 2.24) is 15.3 Å². The van der Waals surface area contributed by atoms with Crippen LogP contribution in [0.15, 0.2) is 24.3 Å². The predicted molar refractivity (Wildman–Crippen MR) is 85.2 cm³/mol. The van der Waals surface area contributed by atoms with Crippen LogP contribution in [0.25, 0.3) is 0 Å². The number of hydrogen-bond acceptors (Lipinski definition) is 5. The van der Waals surface area contributed by atoms with Crippen LogP contribution in [-0.4, -0.2) is 30.2 Å². The van der Waals surface area contributed by atoms with Crippen molar-refractivity contribution in [2.45, 2.75) is 25.9 Å². The summed E-state index contributed by atoms with van der Waals surface area (Å²) in [5.41, 5.74) is 5.01. The molecule has 3 heterocycles. The second-order valence-corrected chi connectivity index (χ2v) is 5.83. The molecule has 5 heteroatoms. The van der Waals surface area contributed by atoms with Gasteiger partial charge in [0.05, 0.1) is 12.8 Å². The van der Waals surface area contributed by atoms with Crippen LogP contribution >= 0.6 is 0 Å². The fourth-order valence-corrected chi connectivity index (χ4v) is 3.28. The van der Waals surface area contributed by atoms with Gasteiger partial charge in [-0.2, -0.15) is 4.98 Å². The highest BCUT2D eigenvalue weighted by atomic mass is 16.5. The molecule has 0 amide bonds. The van der Waals surface area contributed by atoms with Crippen LogP contribution in [0.1, 0.15) is 22.4 Å². The molecule has 1 aromatic carbocycles. The van der Waals surface area contributed by atoms with E-state index in [1.54, 1.807) is 7.11 Å². The Morgan fingerprint density at radius 1 is 1.05 bits per heavy atom. The fraction of sp³-hybridized carbons (Fsp3) is 0.412. The Balaban J connectivity index is 1.70. The summed E-state index contributed by atoms with van der Waals surface area (Å²) in [6.07, 6.45) is 1.86. The molecule has 0 aliphatic carbocycles. The standard InChI is InChI=1S/C17H20N4O/c1-22-16-14-6-8-18-9-7-15(14)19-17(20-16)21-10-12-4-2-3-5-13(12)11-21/h2-5,18H,6-11H2,1H3. The van der Waals surface area contributed by atoms with E-state index >= 15 is 0 Å². The summed E-state index contributed by atoms with van der Waals surface area (Å²) in [5, 5.41) is 3.41. The van der Waals surface area contributed by atoms with E-state index in [0.717, 1.165) is 62.1 Å². The zero-order valence-corrected chi connectivity index (χ0v) is 12.8. The first-order chi connectivity index (χ1) is 10.8. The molecule has 1 aromatic heterocycles. The Kier molecular flexibility index (Phi) is 3.42. The Hall–Kier alpha value is -2.14.